The van der Waals surface area contributed by atoms with Gasteiger partial charge in [0.25, 0.3) is 5.78 Å². The van der Waals surface area contributed by atoms with Crippen molar-refractivity contribution in [3.8, 4) is 0 Å². The first kappa shape index (κ1) is 12.0. The van der Waals surface area contributed by atoms with Gasteiger partial charge in [-0.05, 0) is 13.8 Å². The molecule has 1 unspecified atom stereocenters. The molecule has 0 aliphatic carbocycles. The average molecular weight is 284 g/mol. The number of hydrogen-bond donors (Lipinski definition) is 0. The van der Waals surface area contributed by atoms with Crippen molar-refractivity contribution in [2.75, 3.05) is 23.0 Å². The highest BCUT2D eigenvalue weighted by atomic mass is 35.5. The molecule has 1 fully saturated rings. The van der Waals surface area contributed by atoms with Gasteiger partial charge in [-0.1, -0.05) is 11.6 Å². The minimum Gasteiger partial charge on any atom is -0.352 e. The van der Waals surface area contributed by atoms with Gasteiger partial charge in [-0.15, -0.1) is 0 Å². The van der Waals surface area contributed by atoms with Crippen LogP contribution in [0.4, 0.5) is 5.82 Å². The van der Waals surface area contributed by atoms with E-state index in [1.165, 1.54) is 6.33 Å². The van der Waals surface area contributed by atoms with E-state index < -0.39 is 0 Å². The van der Waals surface area contributed by atoms with E-state index in [1.54, 1.807) is 4.52 Å². The number of thioether (sulfide) groups is 1. The Morgan fingerprint density at radius 2 is 2.33 bits per heavy atom. The SMILES string of the molecule is Cc1c(Cl)nc2ncnn2c1N1CCSCC1C. The zero-order valence-corrected chi connectivity index (χ0v) is 11.9. The summed E-state index contributed by atoms with van der Waals surface area (Å²) < 4.78 is 1.79. The van der Waals surface area contributed by atoms with Gasteiger partial charge in [-0.3, -0.25) is 0 Å². The molecule has 18 heavy (non-hydrogen) atoms. The molecule has 0 radical (unpaired) electrons. The largest absolute Gasteiger partial charge is 0.352 e. The van der Waals surface area contributed by atoms with Crippen molar-refractivity contribution in [3.05, 3.63) is 17.0 Å². The Bertz CT molecular complexity index is 584. The Morgan fingerprint density at radius 1 is 1.50 bits per heavy atom. The summed E-state index contributed by atoms with van der Waals surface area (Å²) in [6, 6.07) is 0.466. The van der Waals surface area contributed by atoms with Crippen LogP contribution in [-0.2, 0) is 0 Å². The van der Waals surface area contributed by atoms with Crippen molar-refractivity contribution in [1.82, 2.24) is 19.6 Å². The number of rotatable bonds is 1. The van der Waals surface area contributed by atoms with Crippen LogP contribution in [0.15, 0.2) is 6.33 Å². The van der Waals surface area contributed by atoms with Crippen LogP contribution in [0.25, 0.3) is 5.78 Å². The summed E-state index contributed by atoms with van der Waals surface area (Å²) >= 11 is 8.18. The van der Waals surface area contributed by atoms with Crippen LogP contribution in [0.2, 0.25) is 5.15 Å². The second kappa shape index (κ2) is 4.59. The summed E-state index contributed by atoms with van der Waals surface area (Å²) in [5, 5.41) is 4.78. The van der Waals surface area contributed by atoms with Crippen LogP contribution in [0.1, 0.15) is 12.5 Å². The maximum absolute atomic E-state index is 6.19. The average Bonchev–Trinajstić information content (AvgIpc) is 2.80. The molecule has 1 saturated heterocycles. The summed E-state index contributed by atoms with van der Waals surface area (Å²) in [6.07, 6.45) is 1.52. The predicted octanol–water partition coefficient (Wildman–Crippen LogP) is 2.03. The van der Waals surface area contributed by atoms with E-state index in [0.29, 0.717) is 17.0 Å². The summed E-state index contributed by atoms with van der Waals surface area (Å²) in [5.74, 6) is 3.83. The third kappa shape index (κ3) is 1.83. The van der Waals surface area contributed by atoms with Gasteiger partial charge in [0.05, 0.1) is 0 Å². The molecule has 1 aliphatic heterocycles. The number of aromatic nitrogens is 4. The van der Waals surface area contributed by atoms with E-state index in [4.69, 9.17) is 11.6 Å². The number of anilines is 1. The van der Waals surface area contributed by atoms with Crippen LogP contribution >= 0.6 is 23.4 Å². The number of nitrogens with zero attached hydrogens (tertiary/aromatic N) is 5. The first-order chi connectivity index (χ1) is 8.68. The fourth-order valence-corrected chi connectivity index (χ4v) is 3.44. The second-order valence-corrected chi connectivity index (χ2v) is 5.95. The Kier molecular flexibility index (Phi) is 3.07. The normalized spacial score (nSPS) is 20.6. The fraction of sp³-hybridized carbons (Fsp3) is 0.545. The topological polar surface area (TPSA) is 46.3 Å². The van der Waals surface area contributed by atoms with Crippen LogP contribution in [-0.4, -0.2) is 43.7 Å². The highest BCUT2D eigenvalue weighted by Crippen LogP contribution is 2.29. The van der Waals surface area contributed by atoms with E-state index >= 15 is 0 Å². The molecule has 0 saturated carbocycles. The highest BCUT2D eigenvalue weighted by Gasteiger charge is 2.24. The van der Waals surface area contributed by atoms with Crippen molar-refractivity contribution in [2.24, 2.45) is 0 Å². The van der Waals surface area contributed by atoms with Crippen LogP contribution in [0.5, 0.6) is 0 Å². The Balaban J connectivity index is 2.19. The maximum atomic E-state index is 6.19. The van der Waals surface area contributed by atoms with Crippen LogP contribution in [0, 0.1) is 6.92 Å². The molecule has 1 atom stereocenters. The van der Waals surface area contributed by atoms with Gasteiger partial charge in [0.2, 0.25) is 0 Å². The lowest BCUT2D eigenvalue weighted by atomic mass is 10.2. The summed E-state index contributed by atoms with van der Waals surface area (Å²) in [4.78, 5) is 10.7. The quantitative estimate of drug-likeness (QED) is 0.750. The zero-order chi connectivity index (χ0) is 12.7. The van der Waals surface area contributed by atoms with E-state index in [-0.39, 0.29) is 0 Å². The van der Waals surface area contributed by atoms with E-state index in [1.807, 2.05) is 18.7 Å². The first-order valence-electron chi connectivity index (χ1n) is 5.88. The van der Waals surface area contributed by atoms with Gasteiger partial charge in [0.15, 0.2) is 0 Å². The fourth-order valence-electron chi connectivity index (χ4n) is 2.26. The Hall–Kier alpha value is -1.01. The zero-order valence-electron chi connectivity index (χ0n) is 10.3. The van der Waals surface area contributed by atoms with Gasteiger partial charge in [0.1, 0.15) is 17.3 Å². The third-order valence-corrected chi connectivity index (χ3v) is 4.77. The van der Waals surface area contributed by atoms with Gasteiger partial charge in [0, 0.05) is 29.7 Å². The Morgan fingerprint density at radius 3 is 3.11 bits per heavy atom. The van der Waals surface area contributed by atoms with Crippen molar-refractivity contribution >= 4 is 35.0 Å². The lowest BCUT2D eigenvalue weighted by Gasteiger charge is -2.35. The monoisotopic (exact) mass is 283 g/mol. The minimum absolute atomic E-state index is 0.466. The number of hydrogen-bond acceptors (Lipinski definition) is 5. The molecule has 0 bridgehead atoms. The van der Waals surface area contributed by atoms with Crippen LogP contribution < -0.4 is 4.90 Å². The molecule has 0 N–H and O–H groups in total. The first-order valence-corrected chi connectivity index (χ1v) is 7.42. The minimum atomic E-state index is 0.466. The van der Waals surface area contributed by atoms with E-state index in [0.717, 1.165) is 29.4 Å². The highest BCUT2D eigenvalue weighted by molar-refractivity contribution is 7.99. The third-order valence-electron chi connectivity index (χ3n) is 3.21. The molecule has 2 aromatic rings. The molecule has 2 aromatic heterocycles. The van der Waals surface area contributed by atoms with Gasteiger partial charge in [-0.2, -0.15) is 31.3 Å². The summed E-state index contributed by atoms with van der Waals surface area (Å²) in [5.41, 5.74) is 0.966. The van der Waals surface area contributed by atoms with E-state index in [9.17, 15) is 0 Å². The van der Waals surface area contributed by atoms with Crippen molar-refractivity contribution in [3.63, 3.8) is 0 Å². The summed E-state index contributed by atoms with van der Waals surface area (Å²) in [6.45, 7) is 5.21. The van der Waals surface area contributed by atoms with Crippen molar-refractivity contribution in [2.45, 2.75) is 19.9 Å². The molecule has 3 rings (SSSR count). The van der Waals surface area contributed by atoms with E-state index in [2.05, 4.69) is 26.9 Å². The molecular formula is C11H14ClN5S. The molecular weight excluding hydrogens is 270 g/mol. The number of halogens is 1. The maximum Gasteiger partial charge on any atom is 0.255 e. The van der Waals surface area contributed by atoms with Gasteiger partial charge < -0.3 is 4.90 Å². The van der Waals surface area contributed by atoms with Crippen molar-refractivity contribution in [1.29, 1.82) is 0 Å². The molecule has 0 aromatic carbocycles. The second-order valence-electron chi connectivity index (χ2n) is 4.44. The predicted molar refractivity (Wildman–Crippen MR) is 74.7 cm³/mol. The molecule has 0 amide bonds. The van der Waals surface area contributed by atoms with Gasteiger partial charge in [-0.25, -0.2) is 0 Å². The standard InChI is InChI=1S/C11H14ClN5S/c1-7-5-18-4-3-16(7)10-8(2)9(12)15-11-13-6-14-17(10)11/h6-7H,3-5H2,1-2H3. The molecule has 5 nitrogen and oxygen atoms in total. The molecule has 7 heteroatoms. The van der Waals surface area contributed by atoms with Crippen molar-refractivity contribution < 1.29 is 0 Å². The molecule has 0 spiro atoms. The molecule has 96 valence electrons. The number of fused-ring (bicyclic) bond motifs is 1. The molecule has 1 aliphatic rings. The van der Waals surface area contributed by atoms with Gasteiger partial charge >= 0.3 is 0 Å². The summed E-state index contributed by atoms with van der Waals surface area (Å²) in [7, 11) is 0. The Labute approximate surface area is 115 Å². The van der Waals surface area contributed by atoms with Crippen LogP contribution in [0.3, 0.4) is 0 Å². The lowest BCUT2D eigenvalue weighted by molar-refractivity contribution is 0.671. The lowest BCUT2D eigenvalue weighted by Crippen LogP contribution is -2.42. The molecule has 3 heterocycles. The smallest absolute Gasteiger partial charge is 0.255 e.